The van der Waals surface area contributed by atoms with Crippen LogP contribution in [-0.4, -0.2) is 36.1 Å². The van der Waals surface area contributed by atoms with Crippen molar-refractivity contribution in [2.75, 3.05) is 25.5 Å². The second kappa shape index (κ2) is 8.02. The zero-order valence-electron chi connectivity index (χ0n) is 14.1. The minimum atomic E-state index is -4.41. The number of anilines is 1. The van der Waals surface area contributed by atoms with Crippen LogP contribution in [-0.2, 0) is 12.7 Å². The number of likely N-dealkylation sites (tertiary alicyclic amines) is 1. The molecule has 0 atom stereocenters. The molecule has 1 aromatic heterocycles. The van der Waals surface area contributed by atoms with Crippen molar-refractivity contribution in [1.29, 1.82) is 0 Å². The van der Waals surface area contributed by atoms with Crippen molar-refractivity contribution in [3.05, 3.63) is 39.3 Å². The van der Waals surface area contributed by atoms with E-state index in [1.54, 1.807) is 6.20 Å². The number of nitrogens with one attached hydrogen (secondary N) is 1. The fraction of sp³-hybridized carbons (Fsp3) is 0.471. The molecule has 1 fully saturated rings. The molecule has 2 aromatic rings. The summed E-state index contributed by atoms with van der Waals surface area (Å²) in [5.41, 5.74) is -0.388. The topological polar surface area (TPSA) is 37.4 Å². The summed E-state index contributed by atoms with van der Waals surface area (Å²) >= 11 is 7.08. The molecule has 26 heavy (non-hydrogen) atoms. The van der Waals surface area contributed by atoms with Crippen molar-refractivity contribution < 1.29 is 17.9 Å². The average Bonchev–Trinajstić information content (AvgIpc) is 3.00. The highest BCUT2D eigenvalue weighted by atomic mass is 35.5. The number of hydrogen-bond donors (Lipinski definition) is 1. The first-order valence-electron chi connectivity index (χ1n) is 8.22. The third-order valence-electron chi connectivity index (χ3n) is 4.24. The molecule has 0 radical (unpaired) electrons. The molecule has 142 valence electrons. The van der Waals surface area contributed by atoms with Gasteiger partial charge >= 0.3 is 6.18 Å². The standard InChI is InChI=1S/C17H19ClF3N3OS/c1-24-6-4-12(5-7-24)25-15-3-2-11(17(19,20)21)8-14(15)22-9-13-10-23-16(18)26-13/h2-3,8,10,12,22H,4-7,9H2,1H3. The Hall–Kier alpha value is -1.51. The molecule has 1 N–H and O–H groups in total. The summed E-state index contributed by atoms with van der Waals surface area (Å²) in [6.07, 6.45) is -1.11. The summed E-state index contributed by atoms with van der Waals surface area (Å²) in [4.78, 5) is 6.98. The predicted octanol–water partition coefficient (Wildman–Crippen LogP) is 4.90. The highest BCUT2D eigenvalue weighted by molar-refractivity contribution is 7.15. The fourth-order valence-corrected chi connectivity index (χ4v) is 3.69. The number of alkyl halides is 3. The second-order valence-electron chi connectivity index (χ2n) is 6.26. The first kappa shape index (κ1) is 19.3. The molecule has 1 saturated heterocycles. The lowest BCUT2D eigenvalue weighted by Crippen LogP contribution is -2.35. The maximum Gasteiger partial charge on any atom is 0.416 e. The molecule has 0 aliphatic carbocycles. The Morgan fingerprint density at radius 2 is 2.08 bits per heavy atom. The van der Waals surface area contributed by atoms with Crippen LogP contribution in [0.15, 0.2) is 24.4 Å². The van der Waals surface area contributed by atoms with Crippen LogP contribution in [0.5, 0.6) is 5.75 Å². The van der Waals surface area contributed by atoms with Crippen molar-refractivity contribution in [2.45, 2.75) is 31.7 Å². The first-order chi connectivity index (χ1) is 12.3. The molecule has 0 amide bonds. The largest absolute Gasteiger partial charge is 0.488 e. The second-order valence-corrected chi connectivity index (χ2v) is 7.96. The van der Waals surface area contributed by atoms with E-state index in [9.17, 15) is 13.2 Å². The van der Waals surface area contributed by atoms with Gasteiger partial charge in [0.25, 0.3) is 0 Å². The zero-order chi connectivity index (χ0) is 18.7. The quantitative estimate of drug-likeness (QED) is 0.767. The monoisotopic (exact) mass is 405 g/mol. The average molecular weight is 406 g/mol. The number of nitrogens with zero attached hydrogens (tertiary/aromatic N) is 2. The number of rotatable bonds is 5. The molecular weight excluding hydrogens is 387 g/mol. The van der Waals surface area contributed by atoms with Gasteiger partial charge in [0.15, 0.2) is 4.47 Å². The van der Waals surface area contributed by atoms with E-state index in [1.165, 1.54) is 17.4 Å². The van der Waals surface area contributed by atoms with Gasteiger partial charge < -0.3 is 15.0 Å². The number of aromatic nitrogens is 1. The van der Waals surface area contributed by atoms with Gasteiger partial charge in [-0.3, -0.25) is 0 Å². The maximum absolute atomic E-state index is 13.1. The van der Waals surface area contributed by atoms with E-state index in [1.807, 2.05) is 7.05 Å². The number of halogens is 4. The van der Waals surface area contributed by atoms with Crippen LogP contribution in [0.3, 0.4) is 0 Å². The number of benzene rings is 1. The third kappa shape index (κ3) is 5.02. The fourth-order valence-electron chi connectivity index (χ4n) is 2.78. The summed E-state index contributed by atoms with van der Waals surface area (Å²) in [5, 5.41) is 3.03. The summed E-state index contributed by atoms with van der Waals surface area (Å²) in [6, 6.07) is 3.54. The molecule has 9 heteroatoms. The molecule has 0 unspecified atom stereocenters. The van der Waals surface area contributed by atoms with Gasteiger partial charge in [-0.1, -0.05) is 11.6 Å². The van der Waals surface area contributed by atoms with E-state index in [-0.39, 0.29) is 6.10 Å². The summed E-state index contributed by atoms with van der Waals surface area (Å²) in [6.45, 7) is 2.15. The van der Waals surface area contributed by atoms with Gasteiger partial charge in [0.2, 0.25) is 0 Å². The van der Waals surface area contributed by atoms with E-state index >= 15 is 0 Å². The molecule has 0 spiro atoms. The molecule has 3 rings (SSSR count). The lowest BCUT2D eigenvalue weighted by Gasteiger charge is -2.30. The van der Waals surface area contributed by atoms with Gasteiger partial charge in [-0.05, 0) is 38.1 Å². The lowest BCUT2D eigenvalue weighted by atomic mass is 10.1. The smallest absolute Gasteiger partial charge is 0.416 e. The number of ether oxygens (including phenoxy) is 1. The van der Waals surface area contributed by atoms with Crippen LogP contribution < -0.4 is 10.1 Å². The first-order valence-corrected chi connectivity index (χ1v) is 9.41. The highest BCUT2D eigenvalue weighted by Crippen LogP contribution is 2.36. The Morgan fingerprint density at radius 3 is 2.69 bits per heavy atom. The molecule has 4 nitrogen and oxygen atoms in total. The Kier molecular flexibility index (Phi) is 5.94. The highest BCUT2D eigenvalue weighted by Gasteiger charge is 2.31. The van der Waals surface area contributed by atoms with E-state index in [0.29, 0.717) is 22.4 Å². The Labute approximate surface area is 158 Å². The van der Waals surface area contributed by atoms with Crippen LogP contribution in [0.25, 0.3) is 0 Å². The van der Waals surface area contributed by atoms with Gasteiger partial charge in [-0.15, -0.1) is 11.3 Å². The molecule has 1 aromatic carbocycles. The predicted molar refractivity (Wildman–Crippen MR) is 97.0 cm³/mol. The van der Waals surface area contributed by atoms with Gasteiger partial charge in [0, 0.05) is 24.2 Å². The van der Waals surface area contributed by atoms with Crippen molar-refractivity contribution in [1.82, 2.24) is 9.88 Å². The lowest BCUT2D eigenvalue weighted by molar-refractivity contribution is -0.137. The molecule has 1 aliphatic heterocycles. The van der Waals surface area contributed by atoms with Crippen molar-refractivity contribution in [3.8, 4) is 5.75 Å². The molecular formula is C17H19ClF3N3OS. The zero-order valence-corrected chi connectivity index (χ0v) is 15.7. The van der Waals surface area contributed by atoms with E-state index in [2.05, 4.69) is 15.2 Å². The maximum atomic E-state index is 13.1. The van der Waals surface area contributed by atoms with Crippen molar-refractivity contribution in [2.24, 2.45) is 0 Å². The Balaban J connectivity index is 1.77. The minimum Gasteiger partial charge on any atom is -0.488 e. The normalized spacial score (nSPS) is 16.7. The Morgan fingerprint density at radius 1 is 1.35 bits per heavy atom. The van der Waals surface area contributed by atoms with Gasteiger partial charge in [0.1, 0.15) is 11.9 Å². The van der Waals surface area contributed by atoms with Crippen molar-refractivity contribution in [3.63, 3.8) is 0 Å². The summed E-state index contributed by atoms with van der Waals surface area (Å²) in [5.74, 6) is 0.433. The van der Waals surface area contributed by atoms with Gasteiger partial charge in [-0.25, -0.2) is 4.98 Å². The van der Waals surface area contributed by atoms with Crippen LogP contribution in [0.2, 0.25) is 4.47 Å². The third-order valence-corrected chi connectivity index (χ3v) is 5.36. The Bertz CT molecular complexity index is 745. The van der Waals surface area contributed by atoms with Crippen LogP contribution in [0.1, 0.15) is 23.3 Å². The minimum absolute atomic E-state index is 0.00124. The van der Waals surface area contributed by atoms with Crippen LogP contribution in [0, 0.1) is 0 Å². The number of thiazole rings is 1. The summed E-state index contributed by atoms with van der Waals surface area (Å²) in [7, 11) is 2.04. The van der Waals surface area contributed by atoms with Gasteiger partial charge in [0.05, 0.1) is 17.8 Å². The van der Waals surface area contributed by atoms with E-state index < -0.39 is 11.7 Å². The van der Waals surface area contributed by atoms with E-state index in [0.717, 1.165) is 42.9 Å². The van der Waals surface area contributed by atoms with Crippen LogP contribution in [0.4, 0.5) is 18.9 Å². The SMILES string of the molecule is CN1CCC(Oc2ccc(C(F)(F)F)cc2NCc2cnc(Cl)s2)CC1. The molecule has 0 saturated carbocycles. The molecule has 1 aliphatic rings. The van der Waals surface area contributed by atoms with Crippen LogP contribution >= 0.6 is 22.9 Å². The number of hydrogen-bond acceptors (Lipinski definition) is 5. The summed E-state index contributed by atoms with van der Waals surface area (Å²) < 4.78 is 45.6. The molecule has 2 heterocycles. The number of piperidine rings is 1. The van der Waals surface area contributed by atoms with E-state index in [4.69, 9.17) is 16.3 Å². The van der Waals surface area contributed by atoms with Crippen molar-refractivity contribution >= 4 is 28.6 Å². The molecule has 0 bridgehead atoms. The van der Waals surface area contributed by atoms with Gasteiger partial charge in [-0.2, -0.15) is 13.2 Å².